The van der Waals surface area contributed by atoms with Crippen molar-refractivity contribution in [2.24, 2.45) is 5.92 Å². The molecule has 1 saturated heterocycles. The second kappa shape index (κ2) is 10.2. The Bertz CT molecular complexity index is 288. The highest BCUT2D eigenvalue weighted by atomic mass is 16.2. The van der Waals surface area contributed by atoms with Gasteiger partial charge in [0.2, 0.25) is 5.91 Å². The van der Waals surface area contributed by atoms with Gasteiger partial charge in [-0.3, -0.25) is 9.69 Å². The van der Waals surface area contributed by atoms with Crippen molar-refractivity contribution >= 4 is 5.91 Å². The number of carbonyl (C=O) groups is 1. The highest BCUT2D eigenvalue weighted by Gasteiger charge is 2.26. The molecule has 2 atom stereocenters. The van der Waals surface area contributed by atoms with E-state index >= 15 is 0 Å². The van der Waals surface area contributed by atoms with Crippen molar-refractivity contribution in [1.82, 2.24) is 15.5 Å². The molecule has 0 aromatic rings. The molecule has 1 amide bonds. The Hall–Kier alpha value is -0.610. The van der Waals surface area contributed by atoms with Gasteiger partial charge in [0.15, 0.2) is 0 Å². The average molecular weight is 297 g/mol. The van der Waals surface area contributed by atoms with Crippen molar-refractivity contribution in [3.8, 4) is 0 Å². The molecule has 1 heterocycles. The monoisotopic (exact) mass is 297 g/mol. The molecule has 1 aliphatic heterocycles. The predicted molar refractivity (Wildman–Crippen MR) is 89.4 cm³/mol. The van der Waals surface area contributed by atoms with Crippen LogP contribution in [0.2, 0.25) is 0 Å². The Morgan fingerprint density at radius 1 is 1.19 bits per heavy atom. The van der Waals surface area contributed by atoms with Gasteiger partial charge in [-0.1, -0.05) is 20.3 Å². The van der Waals surface area contributed by atoms with E-state index in [2.05, 4.69) is 36.3 Å². The number of amides is 1. The molecule has 0 aliphatic carbocycles. The summed E-state index contributed by atoms with van der Waals surface area (Å²) < 4.78 is 0. The van der Waals surface area contributed by atoms with Crippen molar-refractivity contribution in [1.29, 1.82) is 0 Å². The van der Waals surface area contributed by atoms with Crippen molar-refractivity contribution in [2.75, 3.05) is 26.2 Å². The van der Waals surface area contributed by atoms with Gasteiger partial charge >= 0.3 is 0 Å². The fourth-order valence-electron chi connectivity index (χ4n) is 3.06. The van der Waals surface area contributed by atoms with Crippen LogP contribution in [0.4, 0.5) is 0 Å². The van der Waals surface area contributed by atoms with Crippen LogP contribution >= 0.6 is 0 Å². The molecule has 4 heteroatoms. The Balaban J connectivity index is 2.27. The third-order valence-electron chi connectivity index (χ3n) is 4.55. The highest BCUT2D eigenvalue weighted by molar-refractivity contribution is 5.81. The smallest absolute Gasteiger partial charge is 0.237 e. The van der Waals surface area contributed by atoms with Crippen molar-refractivity contribution < 1.29 is 4.79 Å². The molecule has 0 aromatic carbocycles. The molecule has 2 unspecified atom stereocenters. The van der Waals surface area contributed by atoms with Crippen LogP contribution in [0, 0.1) is 5.92 Å². The molecule has 1 rings (SSSR count). The number of hydrogen-bond acceptors (Lipinski definition) is 3. The van der Waals surface area contributed by atoms with E-state index in [1.54, 1.807) is 0 Å². The molecule has 2 N–H and O–H groups in total. The molecular formula is C17H35N3O. The predicted octanol–water partition coefficient (Wildman–Crippen LogP) is 2.39. The minimum Gasteiger partial charge on any atom is -0.352 e. The fraction of sp³-hybridized carbons (Fsp3) is 0.941. The van der Waals surface area contributed by atoms with E-state index in [9.17, 15) is 4.79 Å². The standard InChI is InChI=1S/C17H35N3O/c1-5-7-14(3)19-17(21)15(4)20-11-8-16(9-12-20)13-18-10-6-2/h14-16,18H,5-13H2,1-4H3,(H,19,21). The SMILES string of the molecule is CCCNCC1CCN(C(C)C(=O)NC(C)CCC)CC1. The molecule has 0 radical (unpaired) electrons. The maximum absolute atomic E-state index is 12.3. The Kier molecular flexibility index (Phi) is 8.93. The summed E-state index contributed by atoms with van der Waals surface area (Å²) in [6.45, 7) is 12.9. The summed E-state index contributed by atoms with van der Waals surface area (Å²) >= 11 is 0. The average Bonchev–Trinajstić information content (AvgIpc) is 2.47. The van der Waals surface area contributed by atoms with E-state index in [0.29, 0.717) is 6.04 Å². The number of likely N-dealkylation sites (tertiary alicyclic amines) is 1. The zero-order valence-electron chi connectivity index (χ0n) is 14.5. The van der Waals surface area contributed by atoms with Crippen molar-refractivity contribution in [3.05, 3.63) is 0 Å². The summed E-state index contributed by atoms with van der Waals surface area (Å²) in [4.78, 5) is 14.6. The van der Waals surface area contributed by atoms with Gasteiger partial charge in [-0.15, -0.1) is 0 Å². The third kappa shape index (κ3) is 6.79. The fourth-order valence-corrected chi connectivity index (χ4v) is 3.06. The van der Waals surface area contributed by atoms with E-state index in [0.717, 1.165) is 44.9 Å². The first kappa shape index (κ1) is 18.4. The molecule has 0 bridgehead atoms. The van der Waals surface area contributed by atoms with Gasteiger partial charge in [0.05, 0.1) is 6.04 Å². The summed E-state index contributed by atoms with van der Waals surface area (Å²) in [5.41, 5.74) is 0. The van der Waals surface area contributed by atoms with Gasteiger partial charge in [0.25, 0.3) is 0 Å². The third-order valence-corrected chi connectivity index (χ3v) is 4.55. The van der Waals surface area contributed by atoms with Crippen LogP contribution in [0.5, 0.6) is 0 Å². The van der Waals surface area contributed by atoms with E-state index in [1.165, 1.54) is 19.3 Å². The largest absolute Gasteiger partial charge is 0.352 e. The van der Waals surface area contributed by atoms with Gasteiger partial charge in [0, 0.05) is 6.04 Å². The Morgan fingerprint density at radius 3 is 2.43 bits per heavy atom. The van der Waals surface area contributed by atoms with Crippen LogP contribution in [0.1, 0.15) is 59.8 Å². The number of carbonyl (C=O) groups excluding carboxylic acids is 1. The molecule has 0 saturated carbocycles. The second-order valence-electron chi connectivity index (χ2n) is 6.56. The lowest BCUT2D eigenvalue weighted by Gasteiger charge is -2.35. The van der Waals surface area contributed by atoms with E-state index < -0.39 is 0 Å². The first-order valence-electron chi connectivity index (χ1n) is 8.83. The Morgan fingerprint density at radius 2 is 1.86 bits per heavy atom. The van der Waals surface area contributed by atoms with Gasteiger partial charge in [-0.05, 0) is 71.6 Å². The minimum atomic E-state index is 0.00820. The van der Waals surface area contributed by atoms with Gasteiger partial charge in [-0.25, -0.2) is 0 Å². The summed E-state index contributed by atoms with van der Waals surface area (Å²) in [5, 5.41) is 6.65. The number of nitrogens with one attached hydrogen (secondary N) is 2. The first-order chi connectivity index (χ1) is 10.1. The van der Waals surface area contributed by atoms with E-state index in [-0.39, 0.29) is 11.9 Å². The van der Waals surface area contributed by atoms with Gasteiger partial charge in [0.1, 0.15) is 0 Å². The second-order valence-corrected chi connectivity index (χ2v) is 6.56. The lowest BCUT2D eigenvalue weighted by Crippen LogP contribution is -2.50. The van der Waals surface area contributed by atoms with Crippen LogP contribution in [0.3, 0.4) is 0 Å². The van der Waals surface area contributed by atoms with Crippen LogP contribution in [0.25, 0.3) is 0 Å². The zero-order chi connectivity index (χ0) is 15.7. The zero-order valence-corrected chi connectivity index (χ0v) is 14.5. The summed E-state index contributed by atoms with van der Waals surface area (Å²) in [5.74, 6) is 0.973. The lowest BCUT2D eigenvalue weighted by molar-refractivity contribution is -0.127. The van der Waals surface area contributed by atoms with E-state index in [1.807, 2.05) is 6.92 Å². The highest BCUT2D eigenvalue weighted by Crippen LogP contribution is 2.18. The maximum atomic E-state index is 12.3. The number of hydrogen-bond donors (Lipinski definition) is 2. The topological polar surface area (TPSA) is 44.4 Å². The summed E-state index contributed by atoms with van der Waals surface area (Å²) in [7, 11) is 0. The molecule has 4 nitrogen and oxygen atoms in total. The van der Waals surface area contributed by atoms with Crippen LogP contribution in [-0.4, -0.2) is 49.1 Å². The Labute approximate surface area is 131 Å². The maximum Gasteiger partial charge on any atom is 0.237 e. The number of nitrogens with zero attached hydrogens (tertiary/aromatic N) is 1. The number of rotatable bonds is 9. The van der Waals surface area contributed by atoms with Gasteiger partial charge in [-0.2, -0.15) is 0 Å². The van der Waals surface area contributed by atoms with Crippen LogP contribution < -0.4 is 10.6 Å². The van der Waals surface area contributed by atoms with Crippen molar-refractivity contribution in [2.45, 2.75) is 71.9 Å². The van der Waals surface area contributed by atoms with Crippen LogP contribution in [-0.2, 0) is 4.79 Å². The molecule has 124 valence electrons. The normalized spacial score (nSPS) is 20.2. The molecule has 0 spiro atoms. The summed E-state index contributed by atoms with van der Waals surface area (Å²) in [6, 6.07) is 0.301. The quantitative estimate of drug-likeness (QED) is 0.642. The minimum absolute atomic E-state index is 0.00820. The van der Waals surface area contributed by atoms with Crippen LogP contribution in [0.15, 0.2) is 0 Å². The lowest BCUT2D eigenvalue weighted by atomic mass is 9.95. The van der Waals surface area contributed by atoms with Crippen molar-refractivity contribution in [3.63, 3.8) is 0 Å². The molecule has 1 fully saturated rings. The molecule has 1 aliphatic rings. The molecule has 0 aromatic heterocycles. The first-order valence-corrected chi connectivity index (χ1v) is 8.83. The molecule has 21 heavy (non-hydrogen) atoms. The molecular weight excluding hydrogens is 262 g/mol. The number of piperidine rings is 1. The van der Waals surface area contributed by atoms with Gasteiger partial charge < -0.3 is 10.6 Å². The summed E-state index contributed by atoms with van der Waals surface area (Å²) in [6.07, 6.45) is 5.79. The van der Waals surface area contributed by atoms with E-state index in [4.69, 9.17) is 0 Å².